The Morgan fingerprint density at radius 2 is 2.27 bits per heavy atom. The van der Waals surface area contributed by atoms with Crippen LogP contribution in [0.25, 0.3) is 0 Å². The summed E-state index contributed by atoms with van der Waals surface area (Å²) in [6.45, 7) is 5.67. The van der Waals surface area contributed by atoms with Crippen molar-refractivity contribution in [1.29, 1.82) is 0 Å². The minimum Gasteiger partial charge on any atom is -0.368 e. The highest BCUT2D eigenvalue weighted by atomic mass is 15.2. The normalized spacial score (nSPS) is 12.3. The molecule has 1 unspecified atom stereocenters. The Hall–Kier alpha value is -1.36. The van der Waals surface area contributed by atoms with Gasteiger partial charge in [0.1, 0.15) is 18.0 Å². The third kappa shape index (κ3) is 3.71. The van der Waals surface area contributed by atoms with E-state index in [1.165, 1.54) is 0 Å². The van der Waals surface area contributed by atoms with E-state index in [0.29, 0.717) is 6.54 Å². The van der Waals surface area contributed by atoms with Crippen LogP contribution in [0.4, 0.5) is 11.6 Å². The maximum atomic E-state index is 5.65. The summed E-state index contributed by atoms with van der Waals surface area (Å²) < 4.78 is 0. The number of anilines is 2. The van der Waals surface area contributed by atoms with Gasteiger partial charge in [-0.2, -0.15) is 0 Å². The molecule has 5 heteroatoms. The summed E-state index contributed by atoms with van der Waals surface area (Å²) in [5, 5.41) is 3.16. The molecule has 3 N–H and O–H groups in total. The van der Waals surface area contributed by atoms with E-state index in [2.05, 4.69) is 27.1 Å². The summed E-state index contributed by atoms with van der Waals surface area (Å²) in [5.41, 5.74) is 5.65. The Bertz CT molecular complexity index is 300. The van der Waals surface area contributed by atoms with Crippen molar-refractivity contribution < 1.29 is 0 Å². The van der Waals surface area contributed by atoms with E-state index in [4.69, 9.17) is 5.73 Å². The fourth-order valence-corrected chi connectivity index (χ4v) is 1.08. The van der Waals surface area contributed by atoms with Gasteiger partial charge < -0.3 is 16.0 Å². The van der Waals surface area contributed by atoms with E-state index in [9.17, 15) is 0 Å². The summed E-state index contributed by atoms with van der Waals surface area (Å²) in [6.07, 6.45) is 1.56. The highest BCUT2D eigenvalue weighted by molar-refractivity contribution is 5.47. The average molecular weight is 209 g/mol. The third-order valence-electron chi connectivity index (χ3n) is 2.12. The van der Waals surface area contributed by atoms with Gasteiger partial charge in [-0.3, -0.25) is 0 Å². The van der Waals surface area contributed by atoms with Crippen LogP contribution in [0.2, 0.25) is 0 Å². The van der Waals surface area contributed by atoms with Crippen molar-refractivity contribution in [2.45, 2.75) is 19.9 Å². The molecule has 1 aromatic heterocycles. The van der Waals surface area contributed by atoms with E-state index in [1.807, 2.05) is 20.0 Å². The Balaban J connectivity index is 2.65. The first kappa shape index (κ1) is 11.7. The maximum absolute atomic E-state index is 5.65. The lowest BCUT2D eigenvalue weighted by Gasteiger charge is -2.16. The van der Waals surface area contributed by atoms with Gasteiger partial charge in [-0.1, -0.05) is 0 Å². The fraction of sp³-hybridized carbons (Fsp3) is 0.600. The molecule has 0 fully saturated rings. The Morgan fingerprint density at radius 3 is 2.87 bits per heavy atom. The molecule has 0 radical (unpaired) electrons. The molecule has 0 aliphatic carbocycles. The molecule has 0 saturated heterocycles. The summed E-state index contributed by atoms with van der Waals surface area (Å²) in [6, 6.07) is 2.04. The average Bonchev–Trinajstić information content (AvgIpc) is 2.25. The lowest BCUT2D eigenvalue weighted by Crippen LogP contribution is -2.25. The molecule has 0 aromatic carbocycles. The van der Waals surface area contributed by atoms with Crippen LogP contribution >= 0.6 is 0 Å². The monoisotopic (exact) mass is 209 g/mol. The van der Waals surface area contributed by atoms with Gasteiger partial charge in [-0.15, -0.1) is 0 Å². The molecule has 84 valence electrons. The van der Waals surface area contributed by atoms with Gasteiger partial charge in [0, 0.05) is 32.2 Å². The minimum absolute atomic E-state index is 0.118. The second-order valence-electron chi connectivity index (χ2n) is 3.63. The maximum Gasteiger partial charge on any atom is 0.133 e. The van der Waals surface area contributed by atoms with Crippen molar-refractivity contribution in [3.05, 3.63) is 12.4 Å². The lowest BCUT2D eigenvalue weighted by molar-refractivity contribution is 0.776. The van der Waals surface area contributed by atoms with Crippen molar-refractivity contribution in [3.63, 3.8) is 0 Å². The Morgan fingerprint density at radius 1 is 1.53 bits per heavy atom. The predicted octanol–water partition coefficient (Wildman–Crippen LogP) is 0.692. The van der Waals surface area contributed by atoms with Crippen molar-refractivity contribution in [3.8, 4) is 0 Å². The topological polar surface area (TPSA) is 67.1 Å². The fourth-order valence-electron chi connectivity index (χ4n) is 1.08. The Labute approximate surface area is 90.7 Å². The summed E-state index contributed by atoms with van der Waals surface area (Å²) >= 11 is 0. The SMILES string of the molecule is CCN(C)c1cc(NCC(C)N)ncn1. The first-order chi connectivity index (χ1) is 7.13. The number of hydrogen-bond donors (Lipinski definition) is 2. The van der Waals surface area contributed by atoms with Crippen molar-refractivity contribution in [1.82, 2.24) is 9.97 Å². The molecule has 1 heterocycles. The first-order valence-electron chi connectivity index (χ1n) is 5.16. The number of aromatic nitrogens is 2. The van der Waals surface area contributed by atoms with Gasteiger partial charge in [0.25, 0.3) is 0 Å². The van der Waals surface area contributed by atoms with Crippen LogP contribution < -0.4 is 16.0 Å². The van der Waals surface area contributed by atoms with E-state index >= 15 is 0 Å². The van der Waals surface area contributed by atoms with Crippen LogP contribution in [0, 0.1) is 0 Å². The highest BCUT2D eigenvalue weighted by Gasteiger charge is 2.02. The van der Waals surface area contributed by atoms with Crippen molar-refractivity contribution in [2.24, 2.45) is 5.73 Å². The molecule has 5 nitrogen and oxygen atoms in total. The first-order valence-corrected chi connectivity index (χ1v) is 5.16. The number of nitrogens with two attached hydrogens (primary N) is 1. The van der Waals surface area contributed by atoms with Crippen LogP contribution in [0.1, 0.15) is 13.8 Å². The summed E-state index contributed by atoms with van der Waals surface area (Å²) in [4.78, 5) is 10.4. The van der Waals surface area contributed by atoms with E-state index < -0.39 is 0 Å². The van der Waals surface area contributed by atoms with E-state index in [0.717, 1.165) is 18.2 Å². The molecule has 0 amide bonds. The second kappa shape index (κ2) is 5.50. The second-order valence-corrected chi connectivity index (χ2v) is 3.63. The van der Waals surface area contributed by atoms with Crippen LogP contribution in [-0.2, 0) is 0 Å². The molecule has 1 aromatic rings. The molecule has 0 aliphatic rings. The molecule has 0 spiro atoms. The molecular formula is C10H19N5. The van der Waals surface area contributed by atoms with Gasteiger partial charge in [0.05, 0.1) is 0 Å². The zero-order valence-corrected chi connectivity index (χ0v) is 9.57. The number of nitrogens with zero attached hydrogens (tertiary/aromatic N) is 3. The molecule has 0 bridgehead atoms. The molecule has 0 aliphatic heterocycles. The zero-order chi connectivity index (χ0) is 11.3. The standard InChI is InChI=1S/C10H19N5/c1-4-15(3)10-5-9(13-7-14-10)12-6-8(2)11/h5,7-8H,4,6,11H2,1-3H3,(H,12,13,14). The van der Waals surface area contributed by atoms with Gasteiger partial charge in [-0.25, -0.2) is 9.97 Å². The van der Waals surface area contributed by atoms with Crippen LogP contribution in [0.3, 0.4) is 0 Å². The summed E-state index contributed by atoms with van der Waals surface area (Å²) in [5.74, 6) is 1.73. The van der Waals surface area contributed by atoms with Gasteiger partial charge in [-0.05, 0) is 13.8 Å². The number of nitrogens with one attached hydrogen (secondary N) is 1. The van der Waals surface area contributed by atoms with Crippen LogP contribution in [0.15, 0.2) is 12.4 Å². The van der Waals surface area contributed by atoms with Gasteiger partial charge >= 0.3 is 0 Å². The summed E-state index contributed by atoms with van der Waals surface area (Å²) in [7, 11) is 2.00. The smallest absolute Gasteiger partial charge is 0.133 e. The molecule has 1 rings (SSSR count). The van der Waals surface area contributed by atoms with Crippen molar-refractivity contribution >= 4 is 11.6 Å². The zero-order valence-electron chi connectivity index (χ0n) is 9.57. The van der Waals surface area contributed by atoms with Crippen LogP contribution in [0.5, 0.6) is 0 Å². The molecule has 1 atom stereocenters. The molecular weight excluding hydrogens is 190 g/mol. The largest absolute Gasteiger partial charge is 0.368 e. The number of rotatable bonds is 5. The van der Waals surface area contributed by atoms with E-state index in [-0.39, 0.29) is 6.04 Å². The lowest BCUT2D eigenvalue weighted by atomic mass is 10.3. The quantitative estimate of drug-likeness (QED) is 0.747. The number of hydrogen-bond acceptors (Lipinski definition) is 5. The minimum atomic E-state index is 0.118. The Kier molecular flexibility index (Phi) is 4.30. The molecule has 0 saturated carbocycles. The highest BCUT2D eigenvalue weighted by Crippen LogP contribution is 2.11. The molecule has 15 heavy (non-hydrogen) atoms. The van der Waals surface area contributed by atoms with Crippen molar-refractivity contribution in [2.75, 3.05) is 30.4 Å². The van der Waals surface area contributed by atoms with E-state index in [1.54, 1.807) is 6.33 Å². The third-order valence-corrected chi connectivity index (χ3v) is 2.12. The van der Waals surface area contributed by atoms with Gasteiger partial charge in [0.15, 0.2) is 0 Å². The predicted molar refractivity (Wildman–Crippen MR) is 63.1 cm³/mol. The van der Waals surface area contributed by atoms with Crippen LogP contribution in [-0.4, -0.2) is 36.1 Å². The van der Waals surface area contributed by atoms with Gasteiger partial charge in [0.2, 0.25) is 0 Å².